The van der Waals surface area contributed by atoms with Crippen LogP contribution in [0.15, 0.2) is 41.3 Å². The first-order chi connectivity index (χ1) is 10.3. The third kappa shape index (κ3) is 2.81. The zero-order valence-corrected chi connectivity index (χ0v) is 11.4. The topological polar surface area (TPSA) is 100.0 Å². The largest absolute Gasteiger partial charge is 0.481 e. The lowest BCUT2D eigenvalue weighted by Gasteiger charge is -1.99. The molecule has 7 heteroatoms. The van der Waals surface area contributed by atoms with E-state index in [4.69, 9.17) is 15.0 Å². The summed E-state index contributed by atoms with van der Waals surface area (Å²) in [6.07, 6.45) is 5.41. The molecule has 0 unspecified atom stereocenters. The van der Waals surface area contributed by atoms with Gasteiger partial charge in [0.1, 0.15) is 0 Å². The Balaban J connectivity index is 1.80. The van der Waals surface area contributed by atoms with Crippen molar-refractivity contribution in [1.29, 1.82) is 0 Å². The highest BCUT2D eigenvalue weighted by atomic mass is 16.5. The first kappa shape index (κ1) is 13.0. The van der Waals surface area contributed by atoms with Gasteiger partial charge in [-0.25, -0.2) is 4.98 Å². The fourth-order valence-electron chi connectivity index (χ4n) is 1.86. The number of nitrogens with two attached hydrogens (primary N) is 1. The molecule has 0 saturated heterocycles. The van der Waals surface area contributed by atoms with Crippen LogP contribution >= 0.6 is 0 Å². The number of rotatable bonds is 4. The van der Waals surface area contributed by atoms with Gasteiger partial charge >= 0.3 is 0 Å². The van der Waals surface area contributed by atoms with E-state index in [1.807, 2.05) is 6.07 Å². The molecule has 106 valence electrons. The summed E-state index contributed by atoms with van der Waals surface area (Å²) in [5, 5.41) is 3.95. The Bertz CT molecular complexity index is 739. The van der Waals surface area contributed by atoms with Crippen LogP contribution in [0.5, 0.6) is 5.88 Å². The Kier molecular flexibility index (Phi) is 3.46. The van der Waals surface area contributed by atoms with E-state index < -0.39 is 0 Å². The molecule has 3 heterocycles. The maximum Gasteiger partial charge on any atom is 0.260 e. The molecule has 3 aromatic rings. The van der Waals surface area contributed by atoms with Gasteiger partial charge < -0.3 is 15.0 Å². The van der Waals surface area contributed by atoms with Gasteiger partial charge in [0.25, 0.3) is 5.89 Å². The molecule has 0 aromatic carbocycles. The maximum absolute atomic E-state index is 5.83. The number of pyridine rings is 2. The molecule has 0 spiro atoms. The van der Waals surface area contributed by atoms with E-state index in [2.05, 4.69) is 20.1 Å². The van der Waals surface area contributed by atoms with Gasteiger partial charge in [-0.05, 0) is 11.6 Å². The number of anilines is 1. The van der Waals surface area contributed by atoms with Crippen LogP contribution in [0.2, 0.25) is 0 Å². The molecule has 0 amide bonds. The molecular weight excluding hydrogens is 270 g/mol. The predicted octanol–water partition coefficient (Wildman–Crippen LogP) is 1.71. The molecule has 0 aliphatic rings. The minimum atomic E-state index is 0.381. The summed E-state index contributed by atoms with van der Waals surface area (Å²) < 4.78 is 10.2. The summed E-state index contributed by atoms with van der Waals surface area (Å²) in [7, 11) is 1.58. The first-order valence-electron chi connectivity index (χ1n) is 6.27. The van der Waals surface area contributed by atoms with E-state index in [-0.39, 0.29) is 0 Å². The highest BCUT2D eigenvalue weighted by Crippen LogP contribution is 2.23. The number of methoxy groups -OCH3 is 1. The standard InChI is InChI=1S/C14H13N5O2/c1-20-13-3-2-9(7-17-13)6-12-18-14(21-19-12)10-4-5-16-8-11(10)15/h2-5,7-8H,6,15H2,1H3. The van der Waals surface area contributed by atoms with Crippen LogP contribution in [0, 0.1) is 0 Å². The van der Waals surface area contributed by atoms with Crippen molar-refractivity contribution in [3.05, 3.63) is 48.2 Å². The Morgan fingerprint density at radius 3 is 2.86 bits per heavy atom. The van der Waals surface area contributed by atoms with Crippen molar-refractivity contribution < 1.29 is 9.26 Å². The number of hydrogen-bond donors (Lipinski definition) is 1. The summed E-state index contributed by atoms with van der Waals surface area (Å²) in [5.74, 6) is 1.51. The Morgan fingerprint density at radius 2 is 2.14 bits per heavy atom. The van der Waals surface area contributed by atoms with E-state index in [9.17, 15) is 0 Å². The van der Waals surface area contributed by atoms with Crippen LogP contribution in [0.25, 0.3) is 11.5 Å². The Hall–Kier alpha value is -2.96. The molecule has 0 fully saturated rings. The molecule has 3 aromatic heterocycles. The highest BCUT2D eigenvalue weighted by Gasteiger charge is 2.12. The van der Waals surface area contributed by atoms with Gasteiger partial charge in [0.2, 0.25) is 5.88 Å². The van der Waals surface area contributed by atoms with Gasteiger partial charge in [-0.1, -0.05) is 11.2 Å². The van der Waals surface area contributed by atoms with Gasteiger partial charge in [-0.15, -0.1) is 0 Å². The number of nitrogens with zero attached hydrogens (tertiary/aromatic N) is 4. The zero-order valence-electron chi connectivity index (χ0n) is 11.4. The predicted molar refractivity (Wildman–Crippen MR) is 75.5 cm³/mol. The molecule has 3 rings (SSSR count). The number of nitrogen functional groups attached to an aromatic ring is 1. The number of hydrogen-bond acceptors (Lipinski definition) is 7. The monoisotopic (exact) mass is 283 g/mol. The second-order valence-electron chi connectivity index (χ2n) is 4.36. The average molecular weight is 283 g/mol. The lowest BCUT2D eigenvalue weighted by atomic mass is 10.2. The van der Waals surface area contributed by atoms with E-state index >= 15 is 0 Å². The quantitative estimate of drug-likeness (QED) is 0.777. The van der Waals surface area contributed by atoms with Gasteiger partial charge in [0, 0.05) is 24.9 Å². The summed E-state index contributed by atoms with van der Waals surface area (Å²) in [4.78, 5) is 12.4. The average Bonchev–Trinajstić information content (AvgIpc) is 2.97. The van der Waals surface area contributed by atoms with Crippen molar-refractivity contribution in [2.45, 2.75) is 6.42 Å². The molecular formula is C14H13N5O2. The minimum Gasteiger partial charge on any atom is -0.481 e. The van der Waals surface area contributed by atoms with Crippen LogP contribution in [0.1, 0.15) is 11.4 Å². The first-order valence-corrected chi connectivity index (χ1v) is 6.27. The smallest absolute Gasteiger partial charge is 0.260 e. The second-order valence-corrected chi connectivity index (χ2v) is 4.36. The molecule has 0 radical (unpaired) electrons. The van der Waals surface area contributed by atoms with Gasteiger partial charge in [0.05, 0.1) is 24.6 Å². The van der Waals surface area contributed by atoms with Gasteiger partial charge in [-0.3, -0.25) is 4.98 Å². The fourth-order valence-corrected chi connectivity index (χ4v) is 1.86. The summed E-state index contributed by atoms with van der Waals surface area (Å²) in [5.41, 5.74) is 7.97. The lowest BCUT2D eigenvalue weighted by molar-refractivity contribution is 0.397. The normalized spacial score (nSPS) is 10.5. The van der Waals surface area contributed by atoms with E-state index in [1.165, 1.54) is 0 Å². The molecule has 2 N–H and O–H groups in total. The van der Waals surface area contributed by atoms with Crippen molar-refractivity contribution in [3.63, 3.8) is 0 Å². The molecule has 0 bridgehead atoms. The zero-order chi connectivity index (χ0) is 14.7. The molecule has 7 nitrogen and oxygen atoms in total. The summed E-state index contributed by atoms with van der Waals surface area (Å²) in [6.45, 7) is 0. The summed E-state index contributed by atoms with van der Waals surface area (Å²) >= 11 is 0. The number of ether oxygens (including phenoxy) is 1. The van der Waals surface area contributed by atoms with E-state index in [1.54, 1.807) is 37.8 Å². The molecule has 0 saturated carbocycles. The van der Waals surface area contributed by atoms with Crippen molar-refractivity contribution >= 4 is 5.69 Å². The van der Waals surface area contributed by atoms with Crippen molar-refractivity contribution in [1.82, 2.24) is 20.1 Å². The van der Waals surface area contributed by atoms with Gasteiger partial charge in [0.15, 0.2) is 5.82 Å². The van der Waals surface area contributed by atoms with Crippen molar-refractivity contribution in [2.24, 2.45) is 0 Å². The third-order valence-corrected chi connectivity index (χ3v) is 2.92. The van der Waals surface area contributed by atoms with E-state index in [0.717, 1.165) is 5.56 Å². The van der Waals surface area contributed by atoms with Crippen LogP contribution in [-0.2, 0) is 6.42 Å². The van der Waals surface area contributed by atoms with Crippen molar-refractivity contribution in [3.8, 4) is 17.3 Å². The minimum absolute atomic E-state index is 0.381. The molecule has 0 aliphatic carbocycles. The van der Waals surface area contributed by atoms with E-state index in [0.29, 0.717) is 35.3 Å². The fraction of sp³-hybridized carbons (Fsp3) is 0.143. The molecule has 0 atom stereocenters. The number of aromatic nitrogens is 4. The SMILES string of the molecule is COc1ccc(Cc2noc(-c3ccncc3N)n2)cn1. The summed E-state index contributed by atoms with van der Waals surface area (Å²) in [6, 6.07) is 5.43. The molecule has 0 aliphatic heterocycles. The second kappa shape index (κ2) is 5.58. The van der Waals surface area contributed by atoms with Crippen LogP contribution in [0.4, 0.5) is 5.69 Å². The lowest BCUT2D eigenvalue weighted by Crippen LogP contribution is -1.94. The Labute approximate surface area is 120 Å². The van der Waals surface area contributed by atoms with Crippen molar-refractivity contribution in [2.75, 3.05) is 12.8 Å². The van der Waals surface area contributed by atoms with Crippen LogP contribution in [-0.4, -0.2) is 27.2 Å². The maximum atomic E-state index is 5.83. The van der Waals surface area contributed by atoms with Crippen LogP contribution < -0.4 is 10.5 Å². The molecule has 21 heavy (non-hydrogen) atoms. The Morgan fingerprint density at radius 1 is 1.24 bits per heavy atom. The van der Waals surface area contributed by atoms with Gasteiger partial charge in [-0.2, -0.15) is 4.98 Å². The third-order valence-electron chi connectivity index (χ3n) is 2.92. The highest BCUT2D eigenvalue weighted by molar-refractivity contribution is 5.68. The van der Waals surface area contributed by atoms with Crippen LogP contribution in [0.3, 0.4) is 0 Å².